The predicted octanol–water partition coefficient (Wildman–Crippen LogP) is 3.85. The van der Waals surface area contributed by atoms with Crippen LogP contribution in [0.3, 0.4) is 0 Å². The second-order valence-electron chi connectivity index (χ2n) is 5.63. The van der Waals surface area contributed by atoms with Gasteiger partial charge >= 0.3 is 6.18 Å². The van der Waals surface area contributed by atoms with Gasteiger partial charge in [-0.3, -0.25) is 4.79 Å². The highest BCUT2D eigenvalue weighted by Gasteiger charge is 2.31. The second kappa shape index (κ2) is 7.07. The number of alkyl halides is 3. The van der Waals surface area contributed by atoms with Gasteiger partial charge in [-0.2, -0.15) is 13.2 Å². The first-order valence-corrected chi connectivity index (χ1v) is 7.72. The molecule has 0 fully saturated rings. The summed E-state index contributed by atoms with van der Waals surface area (Å²) >= 11 is 0. The summed E-state index contributed by atoms with van der Waals surface area (Å²) in [6, 6.07) is 11.4. The van der Waals surface area contributed by atoms with Crippen molar-refractivity contribution in [3.05, 3.63) is 59.7 Å². The van der Waals surface area contributed by atoms with E-state index in [-0.39, 0.29) is 12.1 Å². The fraction of sp³-hybridized carbons (Fsp3) is 0.222. The van der Waals surface area contributed by atoms with Crippen LogP contribution in [0.5, 0.6) is 5.75 Å². The van der Waals surface area contributed by atoms with Crippen molar-refractivity contribution in [3.8, 4) is 5.75 Å². The first-order chi connectivity index (χ1) is 12.4. The first-order valence-electron chi connectivity index (χ1n) is 7.72. The number of anilines is 1. The highest BCUT2D eigenvalue weighted by molar-refractivity contribution is 6.06. The molecule has 1 heterocycles. The number of hydrogen-bond donors (Lipinski definition) is 1. The number of carbonyl (C=O) groups is 1. The van der Waals surface area contributed by atoms with Gasteiger partial charge in [-0.15, -0.1) is 0 Å². The molecule has 1 aliphatic rings. The molecule has 0 bridgehead atoms. The largest absolute Gasteiger partial charge is 0.497 e. The molecule has 3 rings (SSSR count). The number of benzene rings is 2. The number of rotatable bonds is 4. The zero-order valence-corrected chi connectivity index (χ0v) is 13.7. The van der Waals surface area contributed by atoms with Crippen LogP contribution in [0.25, 0.3) is 0 Å². The number of halogens is 3. The summed E-state index contributed by atoms with van der Waals surface area (Å²) in [6.45, 7) is 0. The Morgan fingerprint density at radius 3 is 2.38 bits per heavy atom. The number of oxime groups is 1. The number of ether oxygens (including phenoxy) is 1. The van der Waals surface area contributed by atoms with Gasteiger partial charge in [-0.1, -0.05) is 5.16 Å². The Labute approximate surface area is 147 Å². The standard InChI is InChI=1S/C18H15F3N2O3/c1-25-14-8-2-11(3-9-14)15-10-16(26-23-15)17(24)22-13-6-4-12(5-7-13)18(19,20)21/h2-9,16H,10H2,1H3,(H,22,24)/t16-/m1/s1. The number of methoxy groups -OCH3 is 1. The van der Waals surface area contributed by atoms with Crippen LogP contribution in [0.2, 0.25) is 0 Å². The molecule has 5 nitrogen and oxygen atoms in total. The predicted molar refractivity (Wildman–Crippen MR) is 89.1 cm³/mol. The van der Waals surface area contributed by atoms with Crippen molar-refractivity contribution >= 4 is 17.3 Å². The van der Waals surface area contributed by atoms with Gasteiger partial charge in [0.2, 0.25) is 6.10 Å². The van der Waals surface area contributed by atoms with Crippen molar-refractivity contribution in [2.45, 2.75) is 18.7 Å². The number of nitrogens with zero attached hydrogens (tertiary/aromatic N) is 1. The van der Waals surface area contributed by atoms with Crippen LogP contribution >= 0.6 is 0 Å². The zero-order valence-electron chi connectivity index (χ0n) is 13.7. The Kier molecular flexibility index (Phi) is 4.83. The highest BCUT2D eigenvalue weighted by atomic mass is 19.4. The fourth-order valence-corrected chi connectivity index (χ4v) is 2.44. The van der Waals surface area contributed by atoms with Crippen molar-refractivity contribution in [1.29, 1.82) is 0 Å². The van der Waals surface area contributed by atoms with E-state index in [4.69, 9.17) is 9.57 Å². The highest BCUT2D eigenvalue weighted by Crippen LogP contribution is 2.30. The molecular weight excluding hydrogens is 349 g/mol. The lowest BCUT2D eigenvalue weighted by Gasteiger charge is -2.11. The van der Waals surface area contributed by atoms with Crippen LogP contribution in [0.1, 0.15) is 17.5 Å². The molecule has 0 radical (unpaired) electrons. The summed E-state index contributed by atoms with van der Waals surface area (Å²) in [6.07, 6.45) is -4.99. The molecule has 8 heteroatoms. The number of amides is 1. The molecule has 2 aromatic carbocycles. The Balaban J connectivity index is 1.60. The van der Waals surface area contributed by atoms with E-state index < -0.39 is 23.8 Å². The first kappa shape index (κ1) is 17.8. The third-order valence-corrected chi connectivity index (χ3v) is 3.86. The summed E-state index contributed by atoms with van der Waals surface area (Å²) in [7, 11) is 1.56. The van der Waals surface area contributed by atoms with E-state index in [1.54, 1.807) is 31.4 Å². The van der Waals surface area contributed by atoms with Crippen LogP contribution < -0.4 is 10.1 Å². The van der Waals surface area contributed by atoms with Gasteiger partial charge < -0.3 is 14.9 Å². The van der Waals surface area contributed by atoms with Gasteiger partial charge in [0.25, 0.3) is 5.91 Å². The fourth-order valence-electron chi connectivity index (χ4n) is 2.44. The molecule has 0 aliphatic carbocycles. The lowest BCUT2D eigenvalue weighted by molar-refractivity contribution is -0.137. The minimum atomic E-state index is -4.42. The number of nitrogens with one attached hydrogen (secondary N) is 1. The molecule has 2 aromatic rings. The maximum absolute atomic E-state index is 12.5. The quantitative estimate of drug-likeness (QED) is 0.897. The molecule has 0 aromatic heterocycles. The van der Waals surface area contributed by atoms with E-state index in [1.165, 1.54) is 12.1 Å². The Bertz CT molecular complexity index is 815. The van der Waals surface area contributed by atoms with Gasteiger partial charge in [-0.05, 0) is 54.1 Å². The molecule has 136 valence electrons. The molecule has 1 N–H and O–H groups in total. The smallest absolute Gasteiger partial charge is 0.416 e. The van der Waals surface area contributed by atoms with E-state index in [0.29, 0.717) is 11.5 Å². The third kappa shape index (κ3) is 3.96. The second-order valence-corrected chi connectivity index (χ2v) is 5.63. The van der Waals surface area contributed by atoms with E-state index in [0.717, 1.165) is 17.7 Å². The van der Waals surface area contributed by atoms with Crippen LogP contribution in [0.4, 0.5) is 18.9 Å². The van der Waals surface area contributed by atoms with Crippen molar-refractivity contribution < 1.29 is 27.5 Å². The Hall–Kier alpha value is -3.03. The maximum Gasteiger partial charge on any atom is 0.416 e. The van der Waals surface area contributed by atoms with Crippen LogP contribution in [-0.2, 0) is 15.8 Å². The van der Waals surface area contributed by atoms with Gasteiger partial charge in [0.1, 0.15) is 5.75 Å². The van der Waals surface area contributed by atoms with E-state index >= 15 is 0 Å². The molecule has 1 atom stereocenters. The molecule has 1 amide bonds. The van der Waals surface area contributed by atoms with Crippen molar-refractivity contribution in [2.24, 2.45) is 5.16 Å². The lowest BCUT2D eigenvalue weighted by atomic mass is 10.0. The molecule has 1 aliphatic heterocycles. The molecule has 0 unspecified atom stereocenters. The summed E-state index contributed by atoms with van der Waals surface area (Å²) in [4.78, 5) is 17.4. The van der Waals surface area contributed by atoms with Crippen LogP contribution in [0.15, 0.2) is 53.7 Å². The Morgan fingerprint density at radius 1 is 1.15 bits per heavy atom. The van der Waals surface area contributed by atoms with Gasteiger partial charge in [0, 0.05) is 12.1 Å². The maximum atomic E-state index is 12.5. The lowest BCUT2D eigenvalue weighted by Crippen LogP contribution is -2.28. The third-order valence-electron chi connectivity index (χ3n) is 3.86. The summed E-state index contributed by atoms with van der Waals surface area (Å²) in [5.74, 6) is 0.224. The minimum absolute atomic E-state index is 0.254. The number of carbonyl (C=O) groups excluding carboxylic acids is 1. The van der Waals surface area contributed by atoms with Gasteiger partial charge in [0.15, 0.2) is 0 Å². The van der Waals surface area contributed by atoms with Crippen LogP contribution in [0, 0.1) is 0 Å². The minimum Gasteiger partial charge on any atom is -0.497 e. The monoisotopic (exact) mass is 364 g/mol. The molecular formula is C18H15F3N2O3. The van der Waals surface area contributed by atoms with Gasteiger partial charge in [0.05, 0.1) is 18.4 Å². The molecule has 0 saturated heterocycles. The summed E-state index contributed by atoms with van der Waals surface area (Å²) in [5.41, 5.74) is 0.887. The number of hydrogen-bond acceptors (Lipinski definition) is 4. The van der Waals surface area contributed by atoms with Crippen molar-refractivity contribution in [3.63, 3.8) is 0 Å². The molecule has 0 spiro atoms. The summed E-state index contributed by atoms with van der Waals surface area (Å²) in [5, 5.41) is 6.45. The zero-order chi connectivity index (χ0) is 18.7. The van der Waals surface area contributed by atoms with E-state index in [9.17, 15) is 18.0 Å². The molecule has 0 saturated carbocycles. The average molecular weight is 364 g/mol. The average Bonchev–Trinajstić information content (AvgIpc) is 3.12. The molecule has 26 heavy (non-hydrogen) atoms. The van der Waals surface area contributed by atoms with Gasteiger partial charge in [-0.25, -0.2) is 0 Å². The van der Waals surface area contributed by atoms with Crippen LogP contribution in [-0.4, -0.2) is 24.8 Å². The SMILES string of the molecule is COc1ccc(C2=NO[C@@H](C(=O)Nc3ccc(C(F)(F)F)cc3)C2)cc1. The topological polar surface area (TPSA) is 59.9 Å². The van der Waals surface area contributed by atoms with E-state index in [1.807, 2.05) is 0 Å². The normalized spacial score (nSPS) is 16.6. The summed E-state index contributed by atoms with van der Waals surface area (Å²) < 4.78 is 42.7. The Morgan fingerprint density at radius 2 is 1.81 bits per heavy atom. The van der Waals surface area contributed by atoms with E-state index in [2.05, 4.69) is 10.5 Å². The van der Waals surface area contributed by atoms with Crippen molar-refractivity contribution in [2.75, 3.05) is 12.4 Å². The van der Waals surface area contributed by atoms with Crippen molar-refractivity contribution in [1.82, 2.24) is 0 Å².